The number of carbonyl (C=O) groups is 1. The van der Waals surface area contributed by atoms with Gasteiger partial charge in [-0.25, -0.2) is 8.42 Å². The van der Waals surface area contributed by atoms with Gasteiger partial charge in [0.2, 0.25) is 10.0 Å². The van der Waals surface area contributed by atoms with Crippen LogP contribution in [-0.4, -0.2) is 74.2 Å². The van der Waals surface area contributed by atoms with Crippen LogP contribution in [0.25, 0.3) is 0 Å². The minimum Gasteiger partial charge on any atom is -0.369 e. The van der Waals surface area contributed by atoms with Crippen LogP contribution in [0, 0.1) is 10.1 Å². The van der Waals surface area contributed by atoms with Gasteiger partial charge in [-0.15, -0.1) is 0 Å². The van der Waals surface area contributed by atoms with Crippen molar-refractivity contribution in [1.82, 2.24) is 9.62 Å². The molecule has 0 unspecified atom stereocenters. The third-order valence-electron chi connectivity index (χ3n) is 6.31. The number of sulfonamides is 1. The number of carbonyl (C=O) groups excluding carboxylic acids is 1. The van der Waals surface area contributed by atoms with E-state index >= 15 is 0 Å². The molecule has 13 heteroatoms. The second-order valence-electron chi connectivity index (χ2n) is 8.76. The summed E-state index contributed by atoms with van der Waals surface area (Å²) in [5, 5.41) is 17.2. The van der Waals surface area contributed by atoms with Crippen molar-refractivity contribution < 1.29 is 18.1 Å². The lowest BCUT2D eigenvalue weighted by atomic mass is 10.1. The number of thiocarbonyl (C=S) groups is 1. The van der Waals surface area contributed by atoms with Gasteiger partial charge < -0.3 is 15.1 Å². The number of amides is 1. The second-order valence-corrected chi connectivity index (χ2v) is 11.1. The molecule has 2 fully saturated rings. The molecule has 0 atom stereocenters. The van der Waals surface area contributed by atoms with Gasteiger partial charge in [-0.2, -0.15) is 4.31 Å². The van der Waals surface area contributed by atoms with E-state index in [1.165, 1.54) is 16.6 Å². The fraction of sp³-hybridized carbons (Fsp3) is 0.391. The first kappa shape index (κ1) is 25.8. The molecule has 36 heavy (non-hydrogen) atoms. The zero-order valence-corrected chi connectivity index (χ0v) is 21.5. The molecule has 2 aliphatic heterocycles. The van der Waals surface area contributed by atoms with Crippen LogP contribution in [0.2, 0.25) is 0 Å². The monoisotopic (exact) mass is 532 g/mol. The number of nitrogens with zero attached hydrogens (tertiary/aromatic N) is 4. The van der Waals surface area contributed by atoms with Crippen molar-refractivity contribution in [2.45, 2.75) is 12.8 Å². The minimum atomic E-state index is -3.18. The Morgan fingerprint density at radius 1 is 0.972 bits per heavy atom. The van der Waals surface area contributed by atoms with Crippen LogP contribution in [-0.2, 0) is 10.0 Å². The van der Waals surface area contributed by atoms with E-state index in [4.69, 9.17) is 12.2 Å². The average molecular weight is 533 g/mol. The molecular formula is C23H28N6O5S2. The van der Waals surface area contributed by atoms with Gasteiger partial charge in [-0.3, -0.25) is 20.2 Å². The molecule has 2 aromatic rings. The van der Waals surface area contributed by atoms with Crippen molar-refractivity contribution in [1.29, 1.82) is 0 Å². The summed E-state index contributed by atoms with van der Waals surface area (Å²) in [5.74, 6) is -0.538. The van der Waals surface area contributed by atoms with Gasteiger partial charge >= 0.3 is 0 Å². The van der Waals surface area contributed by atoms with Crippen LogP contribution in [0.3, 0.4) is 0 Å². The van der Waals surface area contributed by atoms with E-state index in [9.17, 15) is 23.3 Å². The average Bonchev–Trinajstić information content (AvgIpc) is 3.38. The van der Waals surface area contributed by atoms with Gasteiger partial charge in [-0.05, 0) is 61.5 Å². The van der Waals surface area contributed by atoms with Crippen molar-refractivity contribution in [3.05, 3.63) is 58.1 Å². The number of hydrogen-bond acceptors (Lipinski definition) is 8. The first-order chi connectivity index (χ1) is 17.1. The van der Waals surface area contributed by atoms with Crippen molar-refractivity contribution in [3.8, 4) is 0 Å². The van der Waals surface area contributed by atoms with E-state index in [2.05, 4.69) is 15.5 Å². The van der Waals surface area contributed by atoms with E-state index < -0.39 is 20.9 Å². The zero-order valence-electron chi connectivity index (χ0n) is 19.8. The van der Waals surface area contributed by atoms with Crippen LogP contribution in [0.5, 0.6) is 0 Å². The summed E-state index contributed by atoms with van der Waals surface area (Å²) in [6, 6.07) is 11.9. The molecule has 11 nitrogen and oxygen atoms in total. The minimum absolute atomic E-state index is 0.0702. The summed E-state index contributed by atoms with van der Waals surface area (Å²) in [6.07, 6.45) is 3.19. The van der Waals surface area contributed by atoms with Crippen molar-refractivity contribution in [2.75, 3.05) is 60.6 Å². The van der Waals surface area contributed by atoms with Crippen molar-refractivity contribution in [3.63, 3.8) is 0 Å². The van der Waals surface area contributed by atoms with Crippen LogP contribution < -0.4 is 20.4 Å². The van der Waals surface area contributed by atoms with Crippen molar-refractivity contribution >= 4 is 56.0 Å². The Morgan fingerprint density at radius 2 is 1.61 bits per heavy atom. The van der Waals surface area contributed by atoms with Gasteiger partial charge in [0, 0.05) is 62.3 Å². The van der Waals surface area contributed by atoms with Crippen LogP contribution >= 0.6 is 12.2 Å². The second kappa shape index (κ2) is 10.8. The zero-order chi connectivity index (χ0) is 25.9. The molecule has 0 aliphatic carbocycles. The van der Waals surface area contributed by atoms with E-state index in [1.807, 2.05) is 29.2 Å². The highest BCUT2D eigenvalue weighted by molar-refractivity contribution is 7.88. The molecule has 2 aliphatic rings. The fourth-order valence-corrected chi connectivity index (χ4v) is 5.44. The maximum Gasteiger partial charge on any atom is 0.293 e. The maximum absolute atomic E-state index is 12.7. The Balaban J connectivity index is 1.34. The molecule has 0 saturated carbocycles. The highest BCUT2D eigenvalue weighted by atomic mass is 32.2. The number of nitro groups is 1. The van der Waals surface area contributed by atoms with Crippen LogP contribution in [0.4, 0.5) is 22.7 Å². The van der Waals surface area contributed by atoms with E-state index in [0.29, 0.717) is 37.6 Å². The van der Waals surface area contributed by atoms with E-state index in [0.717, 1.165) is 31.6 Å². The Hall–Kier alpha value is -3.29. The lowest BCUT2D eigenvalue weighted by molar-refractivity contribution is -0.384. The molecule has 2 saturated heterocycles. The Kier molecular flexibility index (Phi) is 7.71. The summed E-state index contributed by atoms with van der Waals surface area (Å²) in [7, 11) is -3.18. The highest BCUT2D eigenvalue weighted by Gasteiger charge is 2.25. The SMILES string of the molecule is CS(=O)(=O)N1CCN(c2ccc(NC(=S)NC(=O)c3ccc(N4CCCC4)c([N+](=O)[O-])c3)cc2)CC1. The summed E-state index contributed by atoms with van der Waals surface area (Å²) in [5.41, 5.74) is 2.18. The number of rotatable bonds is 6. The number of nitrogens with one attached hydrogen (secondary N) is 2. The van der Waals surface area contributed by atoms with E-state index in [-0.39, 0.29) is 16.4 Å². The first-order valence-electron chi connectivity index (χ1n) is 11.6. The molecule has 192 valence electrons. The maximum atomic E-state index is 12.7. The molecule has 0 aromatic heterocycles. The number of benzene rings is 2. The van der Waals surface area contributed by atoms with Crippen LogP contribution in [0.15, 0.2) is 42.5 Å². The van der Waals surface area contributed by atoms with Gasteiger partial charge in [-0.1, -0.05) is 0 Å². The number of piperazine rings is 1. The van der Waals surface area contributed by atoms with Gasteiger partial charge in [0.25, 0.3) is 11.6 Å². The highest BCUT2D eigenvalue weighted by Crippen LogP contribution is 2.31. The smallest absolute Gasteiger partial charge is 0.293 e. The molecule has 2 heterocycles. The third kappa shape index (κ3) is 6.09. The van der Waals surface area contributed by atoms with Gasteiger partial charge in [0.15, 0.2) is 5.11 Å². The molecule has 0 radical (unpaired) electrons. The molecule has 2 N–H and O–H groups in total. The van der Waals surface area contributed by atoms with Gasteiger partial charge in [0.1, 0.15) is 5.69 Å². The molecule has 0 spiro atoms. The molecule has 0 bridgehead atoms. The largest absolute Gasteiger partial charge is 0.369 e. The summed E-state index contributed by atoms with van der Waals surface area (Å²) < 4.78 is 24.8. The number of hydrogen-bond donors (Lipinski definition) is 2. The van der Waals surface area contributed by atoms with E-state index in [1.54, 1.807) is 12.1 Å². The standard InChI is InChI=1S/C23H28N6O5S2/c1-36(33,34)28-14-12-26(13-15-28)19-7-5-18(6-8-19)24-23(35)25-22(30)17-4-9-20(21(16-17)29(31)32)27-10-2-3-11-27/h4-9,16H,2-3,10-15H2,1H3,(H2,24,25,30,35). The Bertz CT molecular complexity index is 1250. The number of anilines is 3. The number of nitro benzene ring substituents is 1. The lowest BCUT2D eigenvalue weighted by Gasteiger charge is -2.34. The van der Waals surface area contributed by atoms with Crippen molar-refractivity contribution in [2.24, 2.45) is 0 Å². The molecule has 4 rings (SSSR count). The Labute approximate surface area is 215 Å². The third-order valence-corrected chi connectivity index (χ3v) is 7.81. The quantitative estimate of drug-likeness (QED) is 0.327. The lowest BCUT2D eigenvalue weighted by Crippen LogP contribution is -2.48. The first-order valence-corrected chi connectivity index (χ1v) is 13.8. The summed E-state index contributed by atoms with van der Waals surface area (Å²) in [4.78, 5) is 27.9. The fourth-order valence-electron chi connectivity index (χ4n) is 4.41. The normalized spacial score (nSPS) is 16.6. The van der Waals surface area contributed by atoms with Crippen LogP contribution in [0.1, 0.15) is 23.2 Å². The predicted molar refractivity (Wildman–Crippen MR) is 143 cm³/mol. The molecule has 1 amide bonds. The summed E-state index contributed by atoms with van der Waals surface area (Å²) in [6.45, 7) is 3.58. The molecular weight excluding hydrogens is 504 g/mol. The molecule has 2 aromatic carbocycles. The predicted octanol–water partition coefficient (Wildman–Crippen LogP) is 2.40. The topological polar surface area (TPSA) is 128 Å². The summed E-state index contributed by atoms with van der Waals surface area (Å²) >= 11 is 5.26. The van der Waals surface area contributed by atoms with Gasteiger partial charge in [0.05, 0.1) is 11.2 Å². The Morgan fingerprint density at radius 3 is 2.19 bits per heavy atom.